The molecule has 1 fully saturated rings. The molecule has 0 heterocycles. The molecule has 0 atom stereocenters. The van der Waals surface area contributed by atoms with E-state index in [0.29, 0.717) is 17.2 Å². The van der Waals surface area contributed by atoms with Crippen molar-refractivity contribution in [3.8, 4) is 5.75 Å². The normalized spacial score (nSPS) is 19.3. The quantitative estimate of drug-likeness (QED) is 0.181. The molecule has 28 heavy (non-hydrogen) atoms. The molecular formula is C25H31NO2. The van der Waals surface area contributed by atoms with E-state index in [2.05, 4.69) is 31.7 Å². The average molecular weight is 378 g/mol. The summed E-state index contributed by atoms with van der Waals surface area (Å²) in [6.45, 7) is 5.70. The minimum absolute atomic E-state index is 0.410. The fourth-order valence-electron chi connectivity index (χ4n) is 4.46. The second kappa shape index (κ2) is 9.68. The largest absolute Gasteiger partial charge is 0.423 e. The van der Waals surface area contributed by atoms with Gasteiger partial charge in [-0.2, -0.15) is 0 Å². The summed E-state index contributed by atoms with van der Waals surface area (Å²) in [4.78, 5) is 11.5. The predicted octanol–water partition coefficient (Wildman–Crippen LogP) is 6.78. The van der Waals surface area contributed by atoms with Crippen molar-refractivity contribution in [3.05, 3.63) is 54.1 Å². The van der Waals surface area contributed by atoms with Gasteiger partial charge in [-0.05, 0) is 59.9 Å². The minimum Gasteiger partial charge on any atom is -0.423 e. The average Bonchev–Trinajstić information content (AvgIpc) is 2.73. The van der Waals surface area contributed by atoms with Crippen molar-refractivity contribution in [1.29, 1.82) is 5.41 Å². The minimum atomic E-state index is -0.505. The molecule has 0 bridgehead atoms. The van der Waals surface area contributed by atoms with Crippen molar-refractivity contribution in [3.63, 3.8) is 0 Å². The summed E-state index contributed by atoms with van der Waals surface area (Å²) in [6.07, 6.45) is 13.1. The lowest BCUT2D eigenvalue weighted by Crippen LogP contribution is -2.13. The van der Waals surface area contributed by atoms with Crippen LogP contribution in [0.4, 0.5) is 0 Å². The third-order valence-electron chi connectivity index (χ3n) is 6.10. The van der Waals surface area contributed by atoms with Gasteiger partial charge in [0.15, 0.2) is 0 Å². The molecule has 1 N–H and O–H groups in total. The van der Waals surface area contributed by atoms with Crippen LogP contribution in [0.1, 0.15) is 75.3 Å². The maximum absolute atomic E-state index is 11.5. The topological polar surface area (TPSA) is 50.2 Å². The van der Waals surface area contributed by atoms with Crippen LogP contribution in [0.3, 0.4) is 0 Å². The van der Waals surface area contributed by atoms with Crippen molar-refractivity contribution in [1.82, 2.24) is 0 Å². The standard InChI is InChI=1S/C25H31NO2/c1-3-5-6-7-18-8-10-19(11-9-18)20-12-14-22-21(16-20)13-15-24(23(22)17-26)28-25(27)4-2/h4,12-19,26H,2-3,5-11H2,1H3. The summed E-state index contributed by atoms with van der Waals surface area (Å²) in [7, 11) is 0. The molecule has 0 spiro atoms. The first-order valence-electron chi connectivity index (χ1n) is 10.6. The van der Waals surface area contributed by atoms with Gasteiger partial charge in [0, 0.05) is 17.9 Å². The lowest BCUT2D eigenvalue weighted by molar-refractivity contribution is -0.128. The Kier molecular flexibility index (Phi) is 7.02. The second-order valence-corrected chi connectivity index (χ2v) is 7.94. The van der Waals surface area contributed by atoms with Gasteiger partial charge in [-0.1, -0.05) is 63.5 Å². The number of rotatable bonds is 8. The molecule has 0 radical (unpaired) electrons. The predicted molar refractivity (Wildman–Crippen MR) is 117 cm³/mol. The van der Waals surface area contributed by atoms with Crippen LogP contribution in [0, 0.1) is 11.3 Å². The van der Waals surface area contributed by atoms with Gasteiger partial charge in [-0.15, -0.1) is 0 Å². The molecule has 0 aliphatic heterocycles. The Labute approximate surface area is 168 Å². The molecule has 148 valence electrons. The maximum atomic E-state index is 11.5. The molecule has 0 aromatic heterocycles. The first-order valence-corrected chi connectivity index (χ1v) is 10.6. The summed E-state index contributed by atoms with van der Waals surface area (Å²) in [5.74, 6) is 1.45. The fraction of sp³-hybridized carbons (Fsp3) is 0.440. The lowest BCUT2D eigenvalue weighted by atomic mass is 9.76. The number of hydrogen-bond acceptors (Lipinski definition) is 3. The summed E-state index contributed by atoms with van der Waals surface area (Å²) >= 11 is 0. The Balaban J connectivity index is 1.74. The number of fused-ring (bicyclic) bond motifs is 1. The van der Waals surface area contributed by atoms with E-state index in [-0.39, 0.29) is 0 Å². The van der Waals surface area contributed by atoms with E-state index in [4.69, 9.17) is 10.1 Å². The van der Waals surface area contributed by atoms with Gasteiger partial charge in [-0.3, -0.25) is 0 Å². The number of hydrogen-bond donors (Lipinski definition) is 1. The summed E-state index contributed by atoms with van der Waals surface area (Å²) in [5.41, 5.74) is 2.03. The van der Waals surface area contributed by atoms with Crippen LogP contribution >= 0.6 is 0 Å². The molecule has 1 saturated carbocycles. The van der Waals surface area contributed by atoms with Crippen molar-refractivity contribution < 1.29 is 9.53 Å². The van der Waals surface area contributed by atoms with Crippen molar-refractivity contribution in [2.75, 3.05) is 0 Å². The summed E-state index contributed by atoms with van der Waals surface area (Å²) < 4.78 is 5.28. The first-order chi connectivity index (χ1) is 13.7. The third kappa shape index (κ3) is 4.70. The highest BCUT2D eigenvalue weighted by Crippen LogP contribution is 2.39. The van der Waals surface area contributed by atoms with Crippen LogP contribution in [0.25, 0.3) is 10.8 Å². The Morgan fingerprint density at radius 3 is 2.64 bits per heavy atom. The van der Waals surface area contributed by atoms with Crippen molar-refractivity contribution in [2.24, 2.45) is 5.92 Å². The van der Waals surface area contributed by atoms with Crippen LogP contribution in [0.15, 0.2) is 43.0 Å². The van der Waals surface area contributed by atoms with Gasteiger partial charge in [0.2, 0.25) is 0 Å². The van der Waals surface area contributed by atoms with Crippen LogP contribution in [0.2, 0.25) is 0 Å². The SMILES string of the molecule is C=CC(=O)Oc1ccc2cc(C3CCC(CCCCC)CC3)ccc2c1C=N. The molecule has 1 aliphatic rings. The first kappa shape index (κ1) is 20.3. The molecular weight excluding hydrogens is 346 g/mol. The number of ether oxygens (including phenoxy) is 1. The number of benzene rings is 2. The Morgan fingerprint density at radius 2 is 1.96 bits per heavy atom. The van der Waals surface area contributed by atoms with E-state index >= 15 is 0 Å². The molecule has 2 aromatic carbocycles. The van der Waals surface area contributed by atoms with Gasteiger partial charge in [-0.25, -0.2) is 4.79 Å². The summed E-state index contributed by atoms with van der Waals surface area (Å²) in [6, 6.07) is 10.3. The second-order valence-electron chi connectivity index (χ2n) is 7.94. The van der Waals surface area contributed by atoms with E-state index in [9.17, 15) is 4.79 Å². The van der Waals surface area contributed by atoms with E-state index in [1.807, 2.05) is 6.07 Å². The molecule has 1 aliphatic carbocycles. The maximum Gasteiger partial charge on any atom is 0.335 e. The van der Waals surface area contributed by atoms with E-state index in [1.165, 1.54) is 63.1 Å². The van der Waals surface area contributed by atoms with E-state index in [0.717, 1.165) is 22.8 Å². The van der Waals surface area contributed by atoms with Crippen LogP contribution < -0.4 is 4.74 Å². The number of carbonyl (C=O) groups is 1. The third-order valence-corrected chi connectivity index (χ3v) is 6.10. The van der Waals surface area contributed by atoms with Gasteiger partial charge in [0.25, 0.3) is 0 Å². The van der Waals surface area contributed by atoms with Gasteiger partial charge in [0.1, 0.15) is 5.75 Å². The number of unbranched alkanes of at least 4 members (excludes halogenated alkanes) is 2. The zero-order chi connectivity index (χ0) is 19.9. The highest BCUT2D eigenvalue weighted by atomic mass is 16.5. The van der Waals surface area contributed by atoms with Crippen LogP contribution in [0.5, 0.6) is 5.75 Å². The van der Waals surface area contributed by atoms with E-state index in [1.54, 1.807) is 6.07 Å². The van der Waals surface area contributed by atoms with Crippen LogP contribution in [-0.2, 0) is 4.79 Å². The van der Waals surface area contributed by atoms with Gasteiger partial charge in [0.05, 0.1) is 0 Å². The molecule has 3 rings (SSSR count). The highest BCUT2D eigenvalue weighted by Gasteiger charge is 2.22. The summed E-state index contributed by atoms with van der Waals surface area (Å²) in [5, 5.41) is 9.81. The van der Waals surface area contributed by atoms with Gasteiger partial charge >= 0.3 is 5.97 Å². The van der Waals surface area contributed by atoms with E-state index < -0.39 is 5.97 Å². The Hall–Kier alpha value is -2.42. The molecule has 0 amide bonds. The highest BCUT2D eigenvalue weighted by molar-refractivity contribution is 6.02. The molecule has 3 heteroatoms. The fourth-order valence-corrected chi connectivity index (χ4v) is 4.46. The van der Waals surface area contributed by atoms with Crippen molar-refractivity contribution in [2.45, 2.75) is 64.2 Å². The molecule has 0 saturated heterocycles. The molecule has 2 aromatic rings. The lowest BCUT2D eigenvalue weighted by Gasteiger charge is -2.29. The van der Waals surface area contributed by atoms with Crippen LogP contribution in [-0.4, -0.2) is 12.2 Å². The zero-order valence-electron chi connectivity index (χ0n) is 16.9. The monoisotopic (exact) mass is 377 g/mol. The smallest absolute Gasteiger partial charge is 0.335 e. The van der Waals surface area contributed by atoms with Crippen molar-refractivity contribution >= 4 is 23.0 Å². The van der Waals surface area contributed by atoms with Gasteiger partial charge < -0.3 is 10.1 Å². The number of esters is 1. The number of nitrogens with one attached hydrogen (secondary N) is 1. The molecule has 3 nitrogen and oxygen atoms in total. The Morgan fingerprint density at radius 1 is 1.18 bits per heavy atom. The number of carbonyl (C=O) groups excluding carboxylic acids is 1. The zero-order valence-corrected chi connectivity index (χ0v) is 16.9. The Bertz CT molecular complexity index is 847. The molecule has 0 unspecified atom stereocenters.